The number of anilines is 1. The zero-order chi connectivity index (χ0) is 25.6. The van der Waals surface area contributed by atoms with Crippen molar-refractivity contribution >= 4 is 21.6 Å². The number of nitrogens with one attached hydrogen (secondary N) is 1. The van der Waals surface area contributed by atoms with Gasteiger partial charge in [-0.15, -0.1) is 0 Å². The maximum atomic E-state index is 13.6. The first-order valence-corrected chi connectivity index (χ1v) is 13.1. The second-order valence-corrected chi connectivity index (χ2v) is 11.1. The molecular formula is C28H34N2O4S. The van der Waals surface area contributed by atoms with Crippen molar-refractivity contribution in [3.8, 4) is 5.75 Å². The van der Waals surface area contributed by atoms with E-state index in [2.05, 4.69) is 19.2 Å². The van der Waals surface area contributed by atoms with E-state index in [1.165, 1.54) is 4.31 Å². The monoisotopic (exact) mass is 494 g/mol. The standard InChI is InChI=1S/C28H34N2O4S/c1-20(2)15-27(23-11-13-25(34-5)14-12-23)29-28(31)19-30(24-17-21(3)16-22(4)18-24)35(32,33)26-9-7-6-8-10-26/h6-14,16-18,20,27H,15,19H2,1-5H3,(H,29,31)/t27-/m1/s1. The van der Waals surface area contributed by atoms with E-state index in [9.17, 15) is 13.2 Å². The fourth-order valence-corrected chi connectivity index (χ4v) is 5.51. The Kier molecular flexibility index (Phi) is 8.57. The van der Waals surface area contributed by atoms with Crippen molar-refractivity contribution in [1.29, 1.82) is 0 Å². The number of methoxy groups -OCH3 is 1. The molecule has 0 radical (unpaired) electrons. The summed E-state index contributed by atoms with van der Waals surface area (Å²) in [5, 5.41) is 3.07. The Labute approximate surface area is 209 Å². The highest BCUT2D eigenvalue weighted by atomic mass is 32.2. The van der Waals surface area contributed by atoms with Gasteiger partial charge in [-0.3, -0.25) is 9.10 Å². The number of sulfonamides is 1. The summed E-state index contributed by atoms with van der Waals surface area (Å²) in [6.45, 7) is 7.66. The van der Waals surface area contributed by atoms with Gasteiger partial charge in [0.25, 0.3) is 10.0 Å². The summed E-state index contributed by atoms with van der Waals surface area (Å²) < 4.78 is 33.7. The molecule has 186 valence electrons. The third-order valence-corrected chi connectivity index (χ3v) is 7.46. The Morgan fingerprint density at radius 2 is 1.54 bits per heavy atom. The number of carbonyl (C=O) groups is 1. The summed E-state index contributed by atoms with van der Waals surface area (Å²) in [7, 11) is -2.35. The number of ether oxygens (including phenoxy) is 1. The first-order chi connectivity index (χ1) is 16.6. The summed E-state index contributed by atoms with van der Waals surface area (Å²) in [5.41, 5.74) is 3.25. The molecule has 0 spiro atoms. The van der Waals surface area contributed by atoms with Crippen LogP contribution in [0.5, 0.6) is 5.75 Å². The molecule has 35 heavy (non-hydrogen) atoms. The van der Waals surface area contributed by atoms with E-state index in [1.807, 2.05) is 44.2 Å². The lowest BCUT2D eigenvalue weighted by Crippen LogP contribution is -2.42. The Balaban J connectivity index is 1.94. The van der Waals surface area contributed by atoms with Crippen molar-refractivity contribution in [3.63, 3.8) is 0 Å². The number of amides is 1. The van der Waals surface area contributed by atoms with E-state index in [-0.39, 0.29) is 23.4 Å². The average Bonchev–Trinajstić information content (AvgIpc) is 2.81. The van der Waals surface area contributed by atoms with Crippen LogP contribution in [0.1, 0.15) is 43.0 Å². The van der Waals surface area contributed by atoms with Gasteiger partial charge in [0.1, 0.15) is 12.3 Å². The van der Waals surface area contributed by atoms with Crippen molar-refractivity contribution in [1.82, 2.24) is 5.32 Å². The van der Waals surface area contributed by atoms with E-state index < -0.39 is 10.0 Å². The third kappa shape index (κ3) is 6.85. The van der Waals surface area contributed by atoms with Gasteiger partial charge in [-0.1, -0.05) is 50.2 Å². The van der Waals surface area contributed by atoms with Crippen molar-refractivity contribution in [3.05, 3.63) is 89.5 Å². The zero-order valence-electron chi connectivity index (χ0n) is 21.0. The van der Waals surface area contributed by atoms with E-state index >= 15 is 0 Å². The molecular weight excluding hydrogens is 460 g/mol. The van der Waals surface area contributed by atoms with E-state index in [0.717, 1.165) is 22.4 Å². The van der Waals surface area contributed by atoms with Gasteiger partial charge in [0, 0.05) is 0 Å². The molecule has 3 aromatic rings. The second-order valence-electron chi connectivity index (χ2n) is 9.19. The molecule has 0 bridgehead atoms. The van der Waals surface area contributed by atoms with Crippen LogP contribution in [-0.2, 0) is 14.8 Å². The predicted octanol–water partition coefficient (Wildman–Crippen LogP) is 5.41. The van der Waals surface area contributed by atoms with Gasteiger partial charge >= 0.3 is 0 Å². The lowest BCUT2D eigenvalue weighted by Gasteiger charge is -2.27. The van der Waals surface area contributed by atoms with Crippen LogP contribution < -0.4 is 14.4 Å². The van der Waals surface area contributed by atoms with Crippen molar-refractivity contribution in [2.24, 2.45) is 5.92 Å². The third-order valence-electron chi connectivity index (χ3n) is 5.67. The number of carbonyl (C=O) groups excluding carboxylic acids is 1. The maximum absolute atomic E-state index is 13.6. The normalized spacial score (nSPS) is 12.3. The molecule has 0 aromatic heterocycles. The molecule has 0 unspecified atom stereocenters. The Morgan fingerprint density at radius 3 is 2.09 bits per heavy atom. The van der Waals surface area contributed by atoms with Crippen LogP contribution in [0, 0.1) is 19.8 Å². The van der Waals surface area contributed by atoms with Crippen LogP contribution in [0.25, 0.3) is 0 Å². The van der Waals surface area contributed by atoms with Crippen LogP contribution in [-0.4, -0.2) is 28.0 Å². The molecule has 1 N–H and O–H groups in total. The maximum Gasteiger partial charge on any atom is 0.264 e. The molecule has 0 heterocycles. The fraction of sp³-hybridized carbons (Fsp3) is 0.321. The molecule has 0 aliphatic heterocycles. The lowest BCUT2D eigenvalue weighted by atomic mass is 9.97. The minimum Gasteiger partial charge on any atom is -0.497 e. The molecule has 0 fully saturated rings. The van der Waals surface area contributed by atoms with Crippen LogP contribution in [0.15, 0.2) is 77.7 Å². The molecule has 3 rings (SSSR count). The van der Waals surface area contributed by atoms with Crippen LogP contribution >= 0.6 is 0 Å². The molecule has 0 saturated heterocycles. The smallest absolute Gasteiger partial charge is 0.264 e. The van der Waals surface area contributed by atoms with E-state index in [1.54, 1.807) is 49.6 Å². The second kappa shape index (κ2) is 11.4. The molecule has 0 aliphatic rings. The molecule has 0 saturated carbocycles. The molecule has 7 heteroatoms. The van der Waals surface area contributed by atoms with Gasteiger partial charge in [0.05, 0.1) is 23.7 Å². The first kappa shape index (κ1) is 26.3. The van der Waals surface area contributed by atoms with Gasteiger partial charge in [-0.2, -0.15) is 0 Å². The summed E-state index contributed by atoms with van der Waals surface area (Å²) in [6.07, 6.45) is 0.715. The van der Waals surface area contributed by atoms with Crippen LogP contribution in [0.2, 0.25) is 0 Å². The van der Waals surface area contributed by atoms with Gasteiger partial charge in [0.15, 0.2) is 0 Å². The summed E-state index contributed by atoms with van der Waals surface area (Å²) in [5.74, 6) is 0.689. The van der Waals surface area contributed by atoms with Crippen LogP contribution in [0.3, 0.4) is 0 Å². The quantitative estimate of drug-likeness (QED) is 0.409. The van der Waals surface area contributed by atoms with E-state index in [4.69, 9.17) is 4.74 Å². The highest BCUT2D eigenvalue weighted by Crippen LogP contribution is 2.27. The minimum atomic E-state index is -3.96. The molecule has 1 atom stereocenters. The molecule has 3 aromatic carbocycles. The Hall–Kier alpha value is -3.32. The highest BCUT2D eigenvalue weighted by molar-refractivity contribution is 7.92. The Bertz CT molecular complexity index is 1220. The van der Waals surface area contributed by atoms with Gasteiger partial charge in [-0.25, -0.2) is 8.42 Å². The van der Waals surface area contributed by atoms with Crippen molar-refractivity contribution in [2.75, 3.05) is 18.0 Å². The van der Waals surface area contributed by atoms with Crippen molar-refractivity contribution < 1.29 is 17.9 Å². The molecule has 6 nitrogen and oxygen atoms in total. The van der Waals surface area contributed by atoms with Crippen LogP contribution in [0.4, 0.5) is 5.69 Å². The van der Waals surface area contributed by atoms with Gasteiger partial charge < -0.3 is 10.1 Å². The SMILES string of the molecule is COc1ccc([C@@H](CC(C)C)NC(=O)CN(c2cc(C)cc(C)c2)S(=O)(=O)c2ccccc2)cc1. The number of nitrogens with zero attached hydrogens (tertiary/aromatic N) is 1. The number of hydrogen-bond donors (Lipinski definition) is 1. The van der Waals surface area contributed by atoms with E-state index in [0.29, 0.717) is 18.0 Å². The molecule has 0 aliphatic carbocycles. The first-order valence-electron chi connectivity index (χ1n) is 11.7. The summed E-state index contributed by atoms with van der Waals surface area (Å²) in [6, 6.07) is 21.1. The topological polar surface area (TPSA) is 75.7 Å². The van der Waals surface area contributed by atoms with Gasteiger partial charge in [0.2, 0.25) is 5.91 Å². The fourth-order valence-electron chi connectivity index (χ4n) is 4.09. The average molecular weight is 495 g/mol. The largest absolute Gasteiger partial charge is 0.497 e. The molecule has 1 amide bonds. The zero-order valence-corrected chi connectivity index (χ0v) is 21.8. The Morgan fingerprint density at radius 1 is 0.943 bits per heavy atom. The number of aryl methyl sites for hydroxylation is 2. The summed E-state index contributed by atoms with van der Waals surface area (Å²) in [4.78, 5) is 13.5. The van der Waals surface area contributed by atoms with Gasteiger partial charge in [-0.05, 0) is 79.3 Å². The van der Waals surface area contributed by atoms with Crippen molar-refractivity contribution in [2.45, 2.75) is 45.1 Å². The predicted molar refractivity (Wildman–Crippen MR) is 140 cm³/mol. The highest BCUT2D eigenvalue weighted by Gasteiger charge is 2.28. The minimum absolute atomic E-state index is 0.140. The number of benzene rings is 3. The summed E-state index contributed by atoms with van der Waals surface area (Å²) >= 11 is 0. The number of rotatable bonds is 10. The number of hydrogen-bond acceptors (Lipinski definition) is 4. The lowest BCUT2D eigenvalue weighted by molar-refractivity contribution is -0.120.